The number of anilines is 1. The number of aromatic nitrogens is 1. The molecule has 0 radical (unpaired) electrons. The Morgan fingerprint density at radius 3 is 2.81 bits per heavy atom. The number of carbonyl (C=O) groups is 2. The fraction of sp³-hybridized carbons (Fsp3) is 0.515. The van der Waals surface area contributed by atoms with Crippen LogP contribution < -0.4 is 10.5 Å². The van der Waals surface area contributed by atoms with Crippen molar-refractivity contribution in [1.29, 1.82) is 0 Å². The van der Waals surface area contributed by atoms with Crippen molar-refractivity contribution in [2.24, 2.45) is 35.6 Å². The highest BCUT2D eigenvalue weighted by Crippen LogP contribution is 2.70. The van der Waals surface area contributed by atoms with Crippen molar-refractivity contribution in [3.8, 4) is 11.5 Å². The van der Waals surface area contributed by atoms with Crippen LogP contribution in [0.2, 0.25) is 0 Å². The Bertz CT molecular complexity index is 1530. The fourth-order valence-corrected chi connectivity index (χ4v) is 9.37. The summed E-state index contributed by atoms with van der Waals surface area (Å²) < 4.78 is 21.2. The molecule has 4 fully saturated rings. The Labute approximate surface area is 244 Å². The molecule has 4 N–H and O–H groups in total. The van der Waals surface area contributed by atoms with E-state index >= 15 is 0 Å². The van der Waals surface area contributed by atoms with Gasteiger partial charge in [0, 0.05) is 47.8 Å². The summed E-state index contributed by atoms with van der Waals surface area (Å²) in [6.07, 6.45) is 7.48. The molecule has 222 valence electrons. The quantitative estimate of drug-likeness (QED) is 0.457. The molecule has 42 heavy (non-hydrogen) atoms. The van der Waals surface area contributed by atoms with Gasteiger partial charge >= 0.3 is 0 Å². The van der Waals surface area contributed by atoms with Crippen LogP contribution >= 0.6 is 0 Å². The van der Waals surface area contributed by atoms with Crippen molar-refractivity contribution in [2.45, 2.75) is 63.6 Å². The molecule has 1 aromatic carbocycles. The summed E-state index contributed by atoms with van der Waals surface area (Å²) in [5.74, 6) is 0.801. The lowest BCUT2D eigenvalue weighted by Crippen LogP contribution is -2.63. The van der Waals surface area contributed by atoms with E-state index in [1.54, 1.807) is 24.3 Å². The number of fused-ring (bicyclic) bond motifs is 7. The van der Waals surface area contributed by atoms with Gasteiger partial charge in [-0.15, -0.1) is 0 Å². The lowest BCUT2D eigenvalue weighted by molar-refractivity contribution is -0.202. The second-order valence-corrected chi connectivity index (χ2v) is 13.2. The van der Waals surface area contributed by atoms with Crippen LogP contribution in [0, 0.1) is 28.6 Å². The van der Waals surface area contributed by atoms with Crippen LogP contribution in [0.25, 0.3) is 0 Å². The molecule has 4 aliphatic carbocycles. The minimum absolute atomic E-state index is 0.00562. The van der Waals surface area contributed by atoms with E-state index in [0.29, 0.717) is 35.7 Å². The van der Waals surface area contributed by atoms with Gasteiger partial charge in [-0.25, -0.2) is 0 Å². The van der Waals surface area contributed by atoms with E-state index in [2.05, 4.69) is 6.92 Å². The van der Waals surface area contributed by atoms with Crippen molar-refractivity contribution in [2.75, 3.05) is 12.3 Å². The van der Waals surface area contributed by atoms with Crippen LogP contribution in [0.3, 0.4) is 0 Å². The normalized spacial score (nSPS) is 40.1. The Balaban J connectivity index is 1.21. The number of carbonyl (C=O) groups excluding carboxylic acids is 2. The van der Waals surface area contributed by atoms with Crippen LogP contribution in [0.1, 0.15) is 51.5 Å². The first-order valence-corrected chi connectivity index (χ1v) is 14.8. The summed E-state index contributed by atoms with van der Waals surface area (Å²) in [5, 5.41) is 22.1. The van der Waals surface area contributed by atoms with Gasteiger partial charge < -0.3 is 34.7 Å². The molecule has 1 saturated heterocycles. The molecule has 2 aromatic rings. The lowest BCUT2D eigenvalue weighted by atomic mass is 9.46. The standard InChI is InChI=1S/C33H38N2O7/c1-31-10-9-20(37)11-18(31)7-8-23-24-14-28-33(27(39)17-36,32(24,2)15-26(38)29(23)31)42-30(41-28)25-13-22(16-35(25)3)40-21-6-4-5-19(34)12-21/h4-6,9-13,16,23-24,26,28-30,36,38H,7-8,14-15,17,34H2,1-3H3/t23-,24-,26-,28+,29+,30+,31-,32-,33+/m0/s1. The van der Waals surface area contributed by atoms with Gasteiger partial charge in [0.1, 0.15) is 18.1 Å². The molecule has 1 aromatic heterocycles. The van der Waals surface area contributed by atoms with Gasteiger partial charge in [0.15, 0.2) is 17.2 Å². The largest absolute Gasteiger partial charge is 0.456 e. The molecular weight excluding hydrogens is 536 g/mol. The number of allylic oxidation sites excluding steroid dienone is 4. The average Bonchev–Trinajstić information content (AvgIpc) is 3.57. The molecule has 0 bridgehead atoms. The van der Waals surface area contributed by atoms with Crippen molar-refractivity contribution >= 4 is 17.3 Å². The topological polar surface area (TPSA) is 133 Å². The van der Waals surface area contributed by atoms with Gasteiger partial charge in [0.05, 0.1) is 17.9 Å². The van der Waals surface area contributed by atoms with E-state index in [4.69, 9.17) is 19.9 Å². The van der Waals surface area contributed by atoms with Gasteiger partial charge in [-0.05, 0) is 61.8 Å². The molecule has 0 amide bonds. The number of aliphatic hydroxyl groups is 2. The maximum absolute atomic E-state index is 13.8. The number of hydrogen-bond acceptors (Lipinski definition) is 8. The first-order valence-electron chi connectivity index (χ1n) is 14.8. The molecule has 3 saturated carbocycles. The minimum Gasteiger partial charge on any atom is -0.456 e. The van der Waals surface area contributed by atoms with Crippen molar-refractivity contribution < 1.29 is 34.0 Å². The zero-order chi connectivity index (χ0) is 29.6. The first-order chi connectivity index (χ1) is 20.0. The first kappa shape index (κ1) is 27.6. The van der Waals surface area contributed by atoms with Gasteiger partial charge in [-0.2, -0.15) is 0 Å². The van der Waals surface area contributed by atoms with E-state index in [-0.39, 0.29) is 23.5 Å². The van der Waals surface area contributed by atoms with E-state index in [1.807, 2.05) is 49.0 Å². The second kappa shape index (κ2) is 9.38. The number of rotatable bonds is 5. The Hall–Kier alpha value is -3.24. The predicted molar refractivity (Wildman–Crippen MR) is 153 cm³/mol. The summed E-state index contributed by atoms with van der Waals surface area (Å²) >= 11 is 0. The molecule has 0 spiro atoms. The van der Waals surface area contributed by atoms with Crippen LogP contribution in [0.4, 0.5) is 5.69 Å². The van der Waals surface area contributed by atoms with E-state index in [9.17, 15) is 19.8 Å². The number of nitrogens with zero attached hydrogens (tertiary/aromatic N) is 1. The number of aryl methyl sites for hydroxylation is 1. The third-order valence-corrected chi connectivity index (χ3v) is 11.1. The highest BCUT2D eigenvalue weighted by molar-refractivity contribution is 6.01. The highest BCUT2D eigenvalue weighted by Gasteiger charge is 2.76. The Morgan fingerprint density at radius 1 is 1.24 bits per heavy atom. The lowest BCUT2D eigenvalue weighted by Gasteiger charge is -2.59. The fourth-order valence-electron chi connectivity index (χ4n) is 9.37. The number of ether oxygens (including phenoxy) is 3. The van der Waals surface area contributed by atoms with E-state index in [1.165, 1.54) is 0 Å². The predicted octanol–water partition coefficient (Wildman–Crippen LogP) is 4.00. The summed E-state index contributed by atoms with van der Waals surface area (Å²) in [5.41, 5.74) is 5.67. The van der Waals surface area contributed by atoms with Crippen molar-refractivity contribution in [3.05, 3.63) is 66.0 Å². The molecule has 9 atom stereocenters. The monoisotopic (exact) mass is 574 g/mol. The van der Waals surface area contributed by atoms with Gasteiger partial charge in [0.25, 0.3) is 0 Å². The molecule has 9 nitrogen and oxygen atoms in total. The maximum atomic E-state index is 13.8. The third kappa shape index (κ3) is 3.70. The average molecular weight is 575 g/mol. The van der Waals surface area contributed by atoms with Crippen LogP contribution in [0.15, 0.2) is 60.3 Å². The van der Waals surface area contributed by atoms with Crippen molar-refractivity contribution in [1.82, 2.24) is 4.57 Å². The highest BCUT2D eigenvalue weighted by atomic mass is 16.7. The number of nitrogen functional groups attached to an aromatic ring is 1. The zero-order valence-corrected chi connectivity index (χ0v) is 24.2. The second-order valence-electron chi connectivity index (χ2n) is 13.2. The number of nitrogens with two attached hydrogens (primary N) is 1. The molecule has 5 aliphatic rings. The Morgan fingerprint density at radius 2 is 2.05 bits per heavy atom. The number of aliphatic hydroxyl groups excluding tert-OH is 2. The van der Waals surface area contributed by atoms with Crippen molar-refractivity contribution in [3.63, 3.8) is 0 Å². The zero-order valence-electron chi connectivity index (χ0n) is 24.2. The van der Waals surface area contributed by atoms with Gasteiger partial charge in [-0.3, -0.25) is 9.59 Å². The summed E-state index contributed by atoms with van der Waals surface area (Å²) in [4.78, 5) is 25.9. The smallest absolute Gasteiger partial charge is 0.200 e. The number of hydrogen-bond donors (Lipinski definition) is 3. The van der Waals surface area contributed by atoms with Crippen LogP contribution in [0.5, 0.6) is 11.5 Å². The Kier molecular flexibility index (Phi) is 6.16. The number of Topliss-reactive ketones (excluding diaryl/α,β-unsaturated/α-hetero) is 1. The van der Waals surface area contributed by atoms with E-state index in [0.717, 1.165) is 18.4 Å². The number of benzene rings is 1. The van der Waals surface area contributed by atoms with E-state index < -0.39 is 47.3 Å². The minimum atomic E-state index is -1.41. The molecule has 9 heteroatoms. The maximum Gasteiger partial charge on any atom is 0.200 e. The molecule has 2 heterocycles. The third-order valence-electron chi connectivity index (χ3n) is 11.1. The van der Waals surface area contributed by atoms with Crippen LogP contribution in [-0.4, -0.2) is 50.8 Å². The van der Waals surface area contributed by atoms with Gasteiger partial charge in [0.2, 0.25) is 6.29 Å². The molecule has 0 unspecified atom stereocenters. The molecular formula is C33H38N2O7. The summed E-state index contributed by atoms with van der Waals surface area (Å²) in [6.45, 7) is 3.48. The van der Waals surface area contributed by atoms with Gasteiger partial charge in [-0.1, -0.05) is 31.6 Å². The van der Waals surface area contributed by atoms with Crippen LogP contribution in [-0.2, 0) is 26.1 Å². The molecule has 1 aliphatic heterocycles. The molecule has 7 rings (SSSR count). The SMILES string of the molecule is Cn1cc(Oc2cccc(N)c2)cc1[C@@H]1O[C@@H]2C[C@H]3[C@@H]4CCC5=CC(=O)C=C[C@]5(C)[C@H]4[C@@H](O)C[C@]3(C)[C@]2(C(=O)CO)O1. The summed E-state index contributed by atoms with van der Waals surface area (Å²) in [7, 11) is 1.86. The summed E-state index contributed by atoms with van der Waals surface area (Å²) in [6, 6.07) is 8.98. The number of ketones is 2.